The summed E-state index contributed by atoms with van der Waals surface area (Å²) in [4.78, 5) is 20.0. The summed E-state index contributed by atoms with van der Waals surface area (Å²) in [5.41, 5.74) is 4.05. The molecule has 4 rings (SSSR count). The number of halogens is 1. The van der Waals surface area contributed by atoms with Crippen LogP contribution in [0.5, 0.6) is 5.88 Å². The summed E-state index contributed by atoms with van der Waals surface area (Å²) in [5, 5.41) is 10.2. The van der Waals surface area contributed by atoms with E-state index in [1.165, 1.54) is 0 Å². The molecule has 2 heterocycles. The molecule has 0 fully saturated rings. The molecule has 0 radical (unpaired) electrons. The Morgan fingerprint density at radius 2 is 1.91 bits per heavy atom. The number of carbonyl (C=O) groups is 1. The predicted octanol–water partition coefficient (Wildman–Crippen LogP) is 7.12. The standard InChI is InChI=1S/C27H31ClN4O2S/c1-5-7-23(33)32-22-13-8-18(6-2)16-21(22)24-25(29-27(31-30-24)35-15-14-17(3)4)34-26(32)19-9-11-20(28)12-10-19/h8-13,16-17,26H,5-7,14-15H2,1-4H3. The number of aryl methyl sites for hydroxylation is 1. The number of hydrogen-bond donors (Lipinski definition) is 0. The topological polar surface area (TPSA) is 68.2 Å². The second kappa shape index (κ2) is 11.4. The van der Waals surface area contributed by atoms with Gasteiger partial charge in [0.25, 0.3) is 0 Å². The molecular weight excluding hydrogens is 480 g/mol. The van der Waals surface area contributed by atoms with Crippen molar-refractivity contribution in [2.75, 3.05) is 10.7 Å². The van der Waals surface area contributed by atoms with E-state index in [1.807, 2.05) is 31.2 Å². The van der Waals surface area contributed by atoms with Crippen LogP contribution in [0, 0.1) is 5.92 Å². The minimum absolute atomic E-state index is 0.0229. The fraction of sp³-hybridized carbons (Fsp3) is 0.407. The highest BCUT2D eigenvalue weighted by Gasteiger charge is 2.35. The molecule has 6 nitrogen and oxygen atoms in total. The molecule has 0 saturated heterocycles. The smallest absolute Gasteiger partial charge is 0.247 e. The molecule has 184 valence electrons. The summed E-state index contributed by atoms with van der Waals surface area (Å²) in [7, 11) is 0. The van der Waals surface area contributed by atoms with Crippen LogP contribution < -0.4 is 9.64 Å². The maximum Gasteiger partial charge on any atom is 0.247 e. The lowest BCUT2D eigenvalue weighted by molar-refractivity contribution is -0.120. The van der Waals surface area contributed by atoms with Gasteiger partial charge in [0.05, 0.1) is 5.69 Å². The van der Waals surface area contributed by atoms with E-state index in [2.05, 4.69) is 37.0 Å². The number of amides is 1. The zero-order valence-electron chi connectivity index (χ0n) is 20.6. The lowest BCUT2D eigenvalue weighted by atomic mass is 10.0. The van der Waals surface area contributed by atoms with Crippen molar-refractivity contribution in [1.29, 1.82) is 0 Å². The molecule has 8 heteroatoms. The first-order chi connectivity index (χ1) is 16.9. The number of rotatable bonds is 8. The van der Waals surface area contributed by atoms with Gasteiger partial charge in [-0.25, -0.2) is 0 Å². The van der Waals surface area contributed by atoms with Gasteiger partial charge in [-0.2, -0.15) is 4.98 Å². The molecule has 0 aliphatic carbocycles. The molecule has 1 unspecified atom stereocenters. The molecule has 2 aromatic carbocycles. The van der Waals surface area contributed by atoms with E-state index < -0.39 is 6.23 Å². The molecular formula is C27H31ClN4O2S. The largest absolute Gasteiger partial charge is 0.447 e. The van der Waals surface area contributed by atoms with E-state index in [0.29, 0.717) is 34.1 Å². The van der Waals surface area contributed by atoms with E-state index in [-0.39, 0.29) is 5.91 Å². The number of thioether (sulfide) groups is 1. The van der Waals surface area contributed by atoms with Crippen LogP contribution in [0.1, 0.15) is 64.3 Å². The second-order valence-electron chi connectivity index (χ2n) is 9.02. The molecule has 1 aliphatic rings. The molecule has 0 bridgehead atoms. The summed E-state index contributed by atoms with van der Waals surface area (Å²) in [6.07, 6.45) is 2.34. The Balaban J connectivity index is 1.86. The van der Waals surface area contributed by atoms with Crippen LogP contribution in [-0.4, -0.2) is 26.8 Å². The number of ether oxygens (including phenoxy) is 1. The molecule has 0 spiro atoms. The highest BCUT2D eigenvalue weighted by molar-refractivity contribution is 7.99. The predicted molar refractivity (Wildman–Crippen MR) is 142 cm³/mol. The van der Waals surface area contributed by atoms with Crippen molar-refractivity contribution in [3.05, 3.63) is 58.6 Å². The average Bonchev–Trinajstić information content (AvgIpc) is 2.98. The summed E-state index contributed by atoms with van der Waals surface area (Å²) in [5.74, 6) is 1.86. The molecule has 1 amide bonds. The van der Waals surface area contributed by atoms with Gasteiger partial charge in [-0.05, 0) is 55.0 Å². The summed E-state index contributed by atoms with van der Waals surface area (Å²) in [6.45, 7) is 8.49. The van der Waals surface area contributed by atoms with Crippen molar-refractivity contribution < 1.29 is 9.53 Å². The van der Waals surface area contributed by atoms with Crippen LogP contribution in [0.2, 0.25) is 5.02 Å². The zero-order valence-corrected chi connectivity index (χ0v) is 22.2. The summed E-state index contributed by atoms with van der Waals surface area (Å²) < 4.78 is 6.52. The summed E-state index contributed by atoms with van der Waals surface area (Å²) in [6, 6.07) is 13.5. The molecule has 0 saturated carbocycles. The Morgan fingerprint density at radius 3 is 2.60 bits per heavy atom. The first kappa shape index (κ1) is 25.5. The van der Waals surface area contributed by atoms with Crippen molar-refractivity contribution in [3.8, 4) is 17.1 Å². The Kier molecular flexibility index (Phi) is 8.29. The van der Waals surface area contributed by atoms with Crippen molar-refractivity contribution in [2.45, 2.75) is 64.8 Å². The minimum atomic E-state index is -0.705. The van der Waals surface area contributed by atoms with E-state index in [9.17, 15) is 4.79 Å². The van der Waals surface area contributed by atoms with Crippen LogP contribution in [0.3, 0.4) is 0 Å². The second-order valence-corrected chi connectivity index (χ2v) is 10.5. The van der Waals surface area contributed by atoms with Gasteiger partial charge >= 0.3 is 0 Å². The van der Waals surface area contributed by atoms with Crippen LogP contribution in [-0.2, 0) is 11.2 Å². The van der Waals surface area contributed by atoms with Crippen LogP contribution in [0.25, 0.3) is 11.3 Å². The number of fused-ring (bicyclic) bond motifs is 3. The molecule has 35 heavy (non-hydrogen) atoms. The molecule has 1 atom stereocenters. The third kappa shape index (κ3) is 5.78. The Hall–Kier alpha value is -2.64. The number of carbonyl (C=O) groups excluding carboxylic acids is 1. The summed E-state index contributed by atoms with van der Waals surface area (Å²) >= 11 is 7.73. The third-order valence-electron chi connectivity index (χ3n) is 5.89. The van der Waals surface area contributed by atoms with Gasteiger partial charge in [0.2, 0.25) is 23.2 Å². The average molecular weight is 511 g/mol. The van der Waals surface area contributed by atoms with Crippen LogP contribution >= 0.6 is 23.4 Å². The fourth-order valence-corrected chi connectivity index (χ4v) is 5.07. The molecule has 0 N–H and O–H groups in total. The SMILES string of the molecule is CCCC(=O)N1c2ccc(CC)cc2-c2nnc(SCCC(C)C)nc2OC1c1ccc(Cl)cc1. The number of benzene rings is 2. The number of aromatic nitrogens is 3. The van der Waals surface area contributed by atoms with E-state index in [0.717, 1.165) is 47.4 Å². The number of nitrogens with zero attached hydrogens (tertiary/aromatic N) is 4. The molecule has 1 aliphatic heterocycles. The third-order valence-corrected chi connectivity index (χ3v) is 7.01. The van der Waals surface area contributed by atoms with Crippen LogP contribution in [0.4, 0.5) is 5.69 Å². The van der Waals surface area contributed by atoms with E-state index in [4.69, 9.17) is 21.3 Å². The maximum atomic E-state index is 13.5. The normalized spacial score (nSPS) is 14.8. The number of hydrogen-bond acceptors (Lipinski definition) is 6. The zero-order chi connectivity index (χ0) is 24.9. The van der Waals surface area contributed by atoms with Gasteiger partial charge in [0, 0.05) is 28.3 Å². The Morgan fingerprint density at radius 1 is 1.14 bits per heavy atom. The minimum Gasteiger partial charge on any atom is -0.447 e. The Bertz CT molecular complexity index is 1190. The lowest BCUT2D eigenvalue weighted by Gasteiger charge is -2.31. The quantitative estimate of drug-likeness (QED) is 0.300. The van der Waals surface area contributed by atoms with Gasteiger partial charge in [0.15, 0.2) is 5.69 Å². The maximum absolute atomic E-state index is 13.5. The Labute approximate surface area is 216 Å². The van der Waals surface area contributed by atoms with Gasteiger partial charge in [0.1, 0.15) is 0 Å². The van der Waals surface area contributed by atoms with Crippen molar-refractivity contribution in [3.63, 3.8) is 0 Å². The van der Waals surface area contributed by atoms with E-state index >= 15 is 0 Å². The monoisotopic (exact) mass is 510 g/mol. The van der Waals surface area contributed by atoms with Crippen LogP contribution in [0.15, 0.2) is 47.6 Å². The van der Waals surface area contributed by atoms with Crippen molar-refractivity contribution in [2.24, 2.45) is 5.92 Å². The lowest BCUT2D eigenvalue weighted by Crippen LogP contribution is -2.37. The first-order valence-electron chi connectivity index (χ1n) is 12.2. The van der Waals surface area contributed by atoms with Gasteiger partial charge in [-0.3, -0.25) is 9.69 Å². The van der Waals surface area contributed by atoms with Gasteiger partial charge in [-0.15, -0.1) is 10.2 Å². The van der Waals surface area contributed by atoms with Gasteiger partial charge < -0.3 is 4.74 Å². The fourth-order valence-electron chi connectivity index (χ4n) is 3.93. The number of anilines is 1. The van der Waals surface area contributed by atoms with Crippen molar-refractivity contribution in [1.82, 2.24) is 15.2 Å². The van der Waals surface area contributed by atoms with E-state index in [1.54, 1.807) is 28.8 Å². The van der Waals surface area contributed by atoms with Crippen molar-refractivity contribution >= 4 is 35.0 Å². The van der Waals surface area contributed by atoms with Gasteiger partial charge in [-0.1, -0.05) is 69.3 Å². The highest BCUT2D eigenvalue weighted by atomic mass is 35.5. The molecule has 3 aromatic rings. The molecule has 1 aromatic heterocycles. The first-order valence-corrected chi connectivity index (χ1v) is 13.5. The highest BCUT2D eigenvalue weighted by Crippen LogP contribution is 2.44.